The van der Waals surface area contributed by atoms with Gasteiger partial charge in [-0.3, -0.25) is 0 Å². The Morgan fingerprint density at radius 1 is 1.12 bits per heavy atom. The number of carboxylic acids is 1. The number of hydrogen-bond acceptors (Lipinski definition) is 5. The van der Waals surface area contributed by atoms with Gasteiger partial charge in [-0.1, -0.05) is 44.7 Å². The zero-order valence-corrected chi connectivity index (χ0v) is 16.9. The van der Waals surface area contributed by atoms with Crippen molar-refractivity contribution in [2.75, 3.05) is 18.0 Å². The van der Waals surface area contributed by atoms with Gasteiger partial charge in [0.1, 0.15) is 5.82 Å². The third-order valence-electron chi connectivity index (χ3n) is 4.12. The lowest BCUT2D eigenvalue weighted by molar-refractivity contribution is 0.0697. The van der Waals surface area contributed by atoms with Gasteiger partial charge >= 0.3 is 5.97 Å². The van der Waals surface area contributed by atoms with Crippen molar-refractivity contribution in [1.29, 1.82) is 0 Å². The van der Waals surface area contributed by atoms with Crippen LogP contribution in [0, 0.1) is 0 Å². The molecule has 0 spiro atoms. The first kappa shape index (κ1) is 20.2. The molecule has 0 aliphatic carbocycles. The third kappa shape index (κ3) is 5.21. The zero-order chi connectivity index (χ0) is 19.3. The minimum Gasteiger partial charge on any atom is -0.478 e. The number of thioether (sulfide) groups is 1. The van der Waals surface area contributed by atoms with Gasteiger partial charge in [-0.15, -0.1) is 0 Å². The largest absolute Gasteiger partial charge is 0.478 e. The molecule has 1 aromatic carbocycles. The summed E-state index contributed by atoms with van der Waals surface area (Å²) in [4.78, 5) is 22.7. The Hall–Kier alpha value is -2.08. The van der Waals surface area contributed by atoms with E-state index in [4.69, 9.17) is 15.1 Å². The van der Waals surface area contributed by atoms with Crippen LogP contribution in [0.2, 0.25) is 0 Å². The van der Waals surface area contributed by atoms with Crippen molar-refractivity contribution in [3.05, 3.63) is 47.2 Å². The Morgan fingerprint density at radius 3 is 2.23 bits per heavy atom. The van der Waals surface area contributed by atoms with E-state index in [0.717, 1.165) is 35.3 Å². The molecule has 140 valence electrons. The Bertz CT molecular complexity index is 751. The fraction of sp³-hybridized carbons (Fsp3) is 0.450. The van der Waals surface area contributed by atoms with Crippen molar-refractivity contribution in [2.45, 2.75) is 50.9 Å². The zero-order valence-electron chi connectivity index (χ0n) is 16.1. The fourth-order valence-electron chi connectivity index (χ4n) is 2.46. The number of aromatic nitrogens is 2. The second kappa shape index (κ2) is 8.54. The summed E-state index contributed by atoms with van der Waals surface area (Å²) >= 11 is 1.57. The molecule has 0 amide bonds. The quantitative estimate of drug-likeness (QED) is 0.565. The van der Waals surface area contributed by atoms with Gasteiger partial charge in [0.15, 0.2) is 5.16 Å². The lowest BCUT2D eigenvalue weighted by atomic mass is 9.92. The van der Waals surface area contributed by atoms with Gasteiger partial charge in [0.25, 0.3) is 0 Å². The number of benzene rings is 1. The van der Waals surface area contributed by atoms with Crippen LogP contribution in [0.4, 0.5) is 5.82 Å². The van der Waals surface area contributed by atoms with E-state index in [9.17, 15) is 4.79 Å². The molecule has 0 bridgehead atoms. The fourth-order valence-corrected chi connectivity index (χ4v) is 3.27. The van der Waals surface area contributed by atoms with Crippen molar-refractivity contribution in [1.82, 2.24) is 9.97 Å². The van der Waals surface area contributed by atoms with Crippen molar-refractivity contribution in [3.8, 4) is 0 Å². The first-order chi connectivity index (χ1) is 12.2. The number of nitrogens with zero attached hydrogens (tertiary/aromatic N) is 3. The molecular weight excluding hydrogens is 346 g/mol. The van der Waals surface area contributed by atoms with Gasteiger partial charge < -0.3 is 10.0 Å². The standard InChI is InChI=1S/C20H27N3O2S/c1-6-23(7-2)17-12-16(20(3,4)5)21-19(22-17)26-13-14-8-10-15(11-9-14)18(24)25/h8-12H,6-7,13H2,1-5H3,(H,24,25). The highest BCUT2D eigenvalue weighted by molar-refractivity contribution is 7.98. The predicted octanol–water partition coefficient (Wildman–Crippen LogP) is 4.61. The first-order valence-electron chi connectivity index (χ1n) is 8.84. The SMILES string of the molecule is CCN(CC)c1cc(C(C)(C)C)nc(SCc2ccc(C(=O)O)cc2)n1. The second-order valence-corrected chi connectivity index (χ2v) is 8.05. The van der Waals surface area contributed by atoms with Crippen molar-refractivity contribution >= 4 is 23.5 Å². The molecule has 0 unspecified atom stereocenters. The van der Waals surface area contributed by atoms with Gasteiger partial charge in [0, 0.05) is 30.3 Å². The smallest absolute Gasteiger partial charge is 0.335 e. The molecule has 0 atom stereocenters. The maximum atomic E-state index is 11.0. The van der Waals surface area contributed by atoms with E-state index in [0.29, 0.717) is 11.3 Å². The predicted molar refractivity (Wildman–Crippen MR) is 107 cm³/mol. The normalized spacial score (nSPS) is 11.4. The molecule has 0 aliphatic rings. The molecule has 1 aromatic heterocycles. The van der Waals surface area contributed by atoms with Gasteiger partial charge in [-0.2, -0.15) is 0 Å². The highest BCUT2D eigenvalue weighted by atomic mass is 32.2. The maximum absolute atomic E-state index is 11.0. The van der Waals surface area contributed by atoms with Crippen LogP contribution in [0.25, 0.3) is 0 Å². The molecule has 1 N–H and O–H groups in total. The molecule has 0 saturated heterocycles. The summed E-state index contributed by atoms with van der Waals surface area (Å²) in [5.41, 5.74) is 2.32. The molecule has 5 nitrogen and oxygen atoms in total. The molecule has 26 heavy (non-hydrogen) atoms. The van der Waals surface area contributed by atoms with E-state index in [1.165, 1.54) is 0 Å². The number of rotatable bonds is 7. The number of hydrogen-bond donors (Lipinski definition) is 1. The summed E-state index contributed by atoms with van der Waals surface area (Å²) < 4.78 is 0. The summed E-state index contributed by atoms with van der Waals surface area (Å²) in [6, 6.07) is 9.03. The summed E-state index contributed by atoms with van der Waals surface area (Å²) in [6.45, 7) is 12.5. The highest BCUT2D eigenvalue weighted by Gasteiger charge is 2.19. The molecular formula is C20H27N3O2S. The number of aromatic carboxylic acids is 1. The van der Waals surface area contributed by atoms with E-state index in [1.54, 1.807) is 23.9 Å². The molecule has 0 radical (unpaired) electrons. The molecule has 2 aromatic rings. The highest BCUT2D eigenvalue weighted by Crippen LogP contribution is 2.28. The number of carbonyl (C=O) groups is 1. The molecule has 0 saturated carbocycles. The molecule has 0 aliphatic heterocycles. The Labute approximate surface area is 159 Å². The first-order valence-corrected chi connectivity index (χ1v) is 9.82. The Kier molecular flexibility index (Phi) is 6.64. The maximum Gasteiger partial charge on any atom is 0.335 e. The van der Waals surface area contributed by atoms with Crippen LogP contribution in [-0.2, 0) is 11.2 Å². The van der Waals surface area contributed by atoms with Gasteiger partial charge in [0.2, 0.25) is 0 Å². The van der Waals surface area contributed by atoms with Crippen molar-refractivity contribution in [2.24, 2.45) is 0 Å². The Balaban J connectivity index is 2.24. The van der Waals surface area contributed by atoms with Crippen LogP contribution in [0.15, 0.2) is 35.5 Å². The molecule has 6 heteroatoms. The summed E-state index contributed by atoms with van der Waals surface area (Å²) in [5.74, 6) is 0.749. The van der Waals surface area contributed by atoms with E-state index in [1.807, 2.05) is 12.1 Å². The molecule has 2 rings (SSSR count). The minimum absolute atomic E-state index is 0.0523. The molecule has 0 fully saturated rings. The summed E-state index contributed by atoms with van der Waals surface area (Å²) in [5, 5.41) is 9.74. The van der Waals surface area contributed by atoms with Crippen LogP contribution < -0.4 is 4.90 Å². The van der Waals surface area contributed by atoms with E-state index >= 15 is 0 Å². The van der Waals surface area contributed by atoms with Crippen molar-refractivity contribution < 1.29 is 9.90 Å². The topological polar surface area (TPSA) is 66.3 Å². The monoisotopic (exact) mass is 373 g/mol. The summed E-state index contributed by atoms with van der Waals surface area (Å²) in [7, 11) is 0. The molecule has 1 heterocycles. The van der Waals surface area contributed by atoms with Gasteiger partial charge in [-0.05, 0) is 31.5 Å². The van der Waals surface area contributed by atoms with Crippen LogP contribution >= 0.6 is 11.8 Å². The third-order valence-corrected chi connectivity index (χ3v) is 5.04. The lowest BCUT2D eigenvalue weighted by Gasteiger charge is -2.24. The van der Waals surface area contributed by atoms with E-state index in [2.05, 4.69) is 45.6 Å². The van der Waals surface area contributed by atoms with E-state index in [-0.39, 0.29) is 5.41 Å². The van der Waals surface area contributed by atoms with Crippen LogP contribution in [-0.4, -0.2) is 34.1 Å². The van der Waals surface area contributed by atoms with Crippen molar-refractivity contribution in [3.63, 3.8) is 0 Å². The van der Waals surface area contributed by atoms with Crippen LogP contribution in [0.5, 0.6) is 0 Å². The van der Waals surface area contributed by atoms with Gasteiger partial charge in [-0.25, -0.2) is 14.8 Å². The summed E-state index contributed by atoms with van der Waals surface area (Å²) in [6.07, 6.45) is 0. The lowest BCUT2D eigenvalue weighted by Crippen LogP contribution is -2.25. The second-order valence-electron chi connectivity index (χ2n) is 7.11. The van der Waals surface area contributed by atoms with Crippen LogP contribution in [0.3, 0.4) is 0 Å². The van der Waals surface area contributed by atoms with Gasteiger partial charge in [0.05, 0.1) is 11.3 Å². The number of carboxylic acid groups (broad SMARTS) is 1. The van der Waals surface area contributed by atoms with E-state index < -0.39 is 5.97 Å². The Morgan fingerprint density at radius 2 is 1.73 bits per heavy atom. The average molecular weight is 374 g/mol. The van der Waals surface area contributed by atoms with Crippen LogP contribution in [0.1, 0.15) is 56.2 Å². The number of anilines is 1. The average Bonchev–Trinajstić information content (AvgIpc) is 2.60. The minimum atomic E-state index is -0.908.